The molecule has 140 valence electrons. The molecule has 2 heterocycles. The van der Waals surface area contributed by atoms with Crippen molar-refractivity contribution in [3.05, 3.63) is 29.8 Å². The van der Waals surface area contributed by atoms with Crippen molar-refractivity contribution in [2.24, 2.45) is 5.92 Å². The quantitative estimate of drug-likeness (QED) is 0.797. The minimum atomic E-state index is -0.785. The number of piperidine rings is 1. The number of hydrogen-bond donors (Lipinski definition) is 2. The van der Waals surface area contributed by atoms with Crippen LogP contribution in [0.4, 0.5) is 5.69 Å². The molecule has 1 aromatic rings. The van der Waals surface area contributed by atoms with Crippen molar-refractivity contribution in [3.8, 4) is 0 Å². The van der Waals surface area contributed by atoms with Gasteiger partial charge in [-0.05, 0) is 43.5 Å². The number of nitrogens with zero attached hydrogens (tertiary/aromatic N) is 2. The van der Waals surface area contributed by atoms with Gasteiger partial charge < -0.3 is 15.3 Å². The lowest BCUT2D eigenvalue weighted by atomic mass is 9.98. The first-order chi connectivity index (χ1) is 12.5. The number of anilines is 1. The molecule has 2 fully saturated rings. The molecule has 7 heteroatoms. The van der Waals surface area contributed by atoms with E-state index in [1.807, 2.05) is 29.2 Å². The van der Waals surface area contributed by atoms with Crippen LogP contribution in [-0.2, 0) is 20.9 Å². The van der Waals surface area contributed by atoms with Crippen LogP contribution in [0.5, 0.6) is 0 Å². The third kappa shape index (κ3) is 4.60. The minimum absolute atomic E-state index is 0.102. The van der Waals surface area contributed by atoms with Crippen LogP contribution in [0.3, 0.4) is 0 Å². The number of aliphatic carboxylic acids is 1. The van der Waals surface area contributed by atoms with Gasteiger partial charge in [0, 0.05) is 31.7 Å². The Morgan fingerprint density at radius 3 is 2.58 bits per heavy atom. The summed E-state index contributed by atoms with van der Waals surface area (Å²) in [6.07, 6.45) is 2.99. The van der Waals surface area contributed by atoms with Crippen molar-refractivity contribution < 1.29 is 19.5 Å². The normalized spacial score (nSPS) is 21.0. The highest BCUT2D eigenvalue weighted by Crippen LogP contribution is 2.21. The molecule has 2 aliphatic rings. The van der Waals surface area contributed by atoms with Crippen LogP contribution in [0, 0.1) is 5.92 Å². The van der Waals surface area contributed by atoms with Crippen LogP contribution >= 0.6 is 0 Å². The van der Waals surface area contributed by atoms with E-state index < -0.39 is 5.97 Å². The Morgan fingerprint density at radius 1 is 1.15 bits per heavy atom. The van der Waals surface area contributed by atoms with Gasteiger partial charge in [-0.2, -0.15) is 0 Å². The second-order valence-corrected chi connectivity index (χ2v) is 7.00. The van der Waals surface area contributed by atoms with Gasteiger partial charge in [0.2, 0.25) is 11.8 Å². The smallest absolute Gasteiger partial charge is 0.307 e. The number of carboxylic acids is 1. The molecule has 2 N–H and O–H groups in total. The number of benzene rings is 1. The van der Waals surface area contributed by atoms with Gasteiger partial charge in [0.1, 0.15) is 0 Å². The molecule has 3 rings (SSSR count). The summed E-state index contributed by atoms with van der Waals surface area (Å²) in [4.78, 5) is 38.7. The maximum absolute atomic E-state index is 12.1. The molecule has 0 spiro atoms. The number of carbonyl (C=O) groups excluding carboxylic acids is 2. The molecule has 0 bridgehead atoms. The van der Waals surface area contributed by atoms with Crippen LogP contribution in [-0.4, -0.2) is 54.0 Å². The molecule has 26 heavy (non-hydrogen) atoms. The van der Waals surface area contributed by atoms with E-state index in [1.165, 1.54) is 0 Å². The average molecular weight is 359 g/mol. The van der Waals surface area contributed by atoms with E-state index in [2.05, 4.69) is 5.32 Å². The molecule has 2 saturated heterocycles. The van der Waals surface area contributed by atoms with Crippen molar-refractivity contribution in [1.29, 1.82) is 0 Å². The second kappa shape index (κ2) is 8.31. The third-order valence-electron chi connectivity index (χ3n) is 5.03. The first kappa shape index (κ1) is 18.4. The van der Waals surface area contributed by atoms with E-state index in [9.17, 15) is 14.4 Å². The van der Waals surface area contributed by atoms with E-state index in [4.69, 9.17) is 5.11 Å². The van der Waals surface area contributed by atoms with E-state index in [0.717, 1.165) is 37.2 Å². The molecular formula is C19H25N3O4. The maximum Gasteiger partial charge on any atom is 0.307 e. The first-order valence-electron chi connectivity index (χ1n) is 9.14. The summed E-state index contributed by atoms with van der Waals surface area (Å²) in [6, 6.07) is 7.66. The highest BCUT2D eigenvalue weighted by Gasteiger charge is 2.26. The minimum Gasteiger partial charge on any atom is -0.481 e. The van der Waals surface area contributed by atoms with Crippen molar-refractivity contribution in [2.45, 2.75) is 32.2 Å². The number of carboxylic acid groups (broad SMARTS) is 1. The van der Waals surface area contributed by atoms with Crippen LogP contribution in [0.15, 0.2) is 24.3 Å². The molecule has 1 aromatic carbocycles. The summed E-state index contributed by atoms with van der Waals surface area (Å²) < 4.78 is 0. The Kier molecular flexibility index (Phi) is 5.88. The lowest BCUT2D eigenvalue weighted by molar-refractivity contribution is -0.144. The molecule has 2 aliphatic heterocycles. The molecule has 7 nitrogen and oxygen atoms in total. The lowest BCUT2D eigenvalue weighted by Crippen LogP contribution is -2.44. The van der Waals surface area contributed by atoms with Crippen LogP contribution in [0.2, 0.25) is 0 Å². The Hall–Kier alpha value is -2.41. The molecule has 0 saturated carbocycles. The molecule has 0 aromatic heterocycles. The van der Waals surface area contributed by atoms with Crippen LogP contribution in [0.25, 0.3) is 0 Å². The zero-order valence-electron chi connectivity index (χ0n) is 14.8. The highest BCUT2D eigenvalue weighted by molar-refractivity contribution is 5.95. The monoisotopic (exact) mass is 359 g/mol. The number of likely N-dealkylation sites (tertiary alicyclic amines) is 1. The van der Waals surface area contributed by atoms with Crippen molar-refractivity contribution in [3.63, 3.8) is 0 Å². The summed E-state index contributed by atoms with van der Waals surface area (Å²) in [5, 5.41) is 12.0. The van der Waals surface area contributed by atoms with Gasteiger partial charge in [0.15, 0.2) is 0 Å². The lowest BCUT2D eigenvalue weighted by Gasteiger charge is -2.29. The average Bonchev–Trinajstić information content (AvgIpc) is 3.06. The molecule has 0 aliphatic carbocycles. The van der Waals surface area contributed by atoms with Gasteiger partial charge in [-0.3, -0.25) is 19.3 Å². The van der Waals surface area contributed by atoms with Gasteiger partial charge in [-0.25, -0.2) is 0 Å². The van der Waals surface area contributed by atoms with E-state index in [0.29, 0.717) is 25.9 Å². The molecule has 2 amide bonds. The molecular weight excluding hydrogens is 334 g/mol. The number of carbonyl (C=O) groups is 3. The summed E-state index contributed by atoms with van der Waals surface area (Å²) in [5.74, 6) is -1.11. The number of hydrogen-bond acceptors (Lipinski definition) is 4. The Balaban J connectivity index is 1.45. The van der Waals surface area contributed by atoms with E-state index >= 15 is 0 Å². The van der Waals surface area contributed by atoms with Crippen LogP contribution < -0.4 is 10.2 Å². The van der Waals surface area contributed by atoms with Crippen LogP contribution in [0.1, 0.15) is 31.2 Å². The summed E-state index contributed by atoms with van der Waals surface area (Å²) in [5.41, 5.74) is 1.87. The molecule has 0 radical (unpaired) electrons. The van der Waals surface area contributed by atoms with Gasteiger partial charge in [0.05, 0.1) is 12.5 Å². The molecule has 1 atom stereocenters. The van der Waals surface area contributed by atoms with Gasteiger partial charge in [-0.1, -0.05) is 12.1 Å². The standard InChI is InChI=1S/C19H25N3O4/c23-17(13-21-9-1-3-15(12-21)19(25)26)20-11-14-5-7-16(8-6-14)22-10-2-4-18(22)24/h5-8,15H,1-4,9-13H2,(H,20,23)(H,25,26). The topological polar surface area (TPSA) is 89.9 Å². The van der Waals surface area contributed by atoms with Crippen molar-refractivity contribution in [1.82, 2.24) is 10.2 Å². The Morgan fingerprint density at radius 2 is 1.92 bits per heavy atom. The number of nitrogens with one attached hydrogen (secondary N) is 1. The van der Waals surface area contributed by atoms with Gasteiger partial charge in [0.25, 0.3) is 0 Å². The van der Waals surface area contributed by atoms with Gasteiger partial charge >= 0.3 is 5.97 Å². The van der Waals surface area contributed by atoms with E-state index in [-0.39, 0.29) is 24.3 Å². The highest BCUT2D eigenvalue weighted by atomic mass is 16.4. The Labute approximate surface area is 153 Å². The fourth-order valence-corrected chi connectivity index (χ4v) is 3.58. The maximum atomic E-state index is 12.1. The summed E-state index contributed by atoms with van der Waals surface area (Å²) >= 11 is 0. The predicted octanol–water partition coefficient (Wildman–Crippen LogP) is 1.23. The zero-order chi connectivity index (χ0) is 18.5. The van der Waals surface area contributed by atoms with E-state index in [1.54, 1.807) is 4.90 Å². The Bertz CT molecular complexity index is 674. The summed E-state index contributed by atoms with van der Waals surface area (Å²) in [6.45, 7) is 2.60. The zero-order valence-corrected chi connectivity index (χ0v) is 14.8. The fraction of sp³-hybridized carbons (Fsp3) is 0.526. The van der Waals surface area contributed by atoms with Crippen molar-refractivity contribution in [2.75, 3.05) is 31.1 Å². The first-order valence-corrected chi connectivity index (χ1v) is 9.14. The largest absolute Gasteiger partial charge is 0.481 e. The fourth-order valence-electron chi connectivity index (χ4n) is 3.58. The third-order valence-corrected chi connectivity index (χ3v) is 5.03. The second-order valence-electron chi connectivity index (χ2n) is 7.00. The van der Waals surface area contributed by atoms with Crippen molar-refractivity contribution >= 4 is 23.5 Å². The number of amides is 2. The van der Waals surface area contributed by atoms with Gasteiger partial charge in [-0.15, -0.1) is 0 Å². The SMILES string of the molecule is O=C(CN1CCCC(C(=O)O)C1)NCc1ccc(N2CCCC2=O)cc1. The molecule has 1 unspecified atom stereocenters. The number of rotatable bonds is 6. The predicted molar refractivity (Wildman–Crippen MR) is 96.7 cm³/mol. The summed E-state index contributed by atoms with van der Waals surface area (Å²) in [7, 11) is 0.